The van der Waals surface area contributed by atoms with Crippen LogP contribution in [0.3, 0.4) is 0 Å². The summed E-state index contributed by atoms with van der Waals surface area (Å²) < 4.78 is 5.67. The number of rotatable bonds is 4. The first-order valence-corrected chi connectivity index (χ1v) is 5.30. The van der Waals surface area contributed by atoms with Gasteiger partial charge in [0.25, 0.3) is 0 Å². The average molecular weight is 231 g/mol. The van der Waals surface area contributed by atoms with Gasteiger partial charge < -0.3 is 14.8 Å². The Balaban J connectivity index is 2.06. The molecule has 0 aliphatic carbocycles. The van der Waals surface area contributed by atoms with E-state index >= 15 is 0 Å². The lowest BCUT2D eigenvalue weighted by molar-refractivity contribution is 0.0697. The fourth-order valence-electron chi connectivity index (χ4n) is 1.54. The predicted octanol–water partition coefficient (Wildman–Crippen LogP) is 2.85. The van der Waals surface area contributed by atoms with Gasteiger partial charge in [0.2, 0.25) is 0 Å². The minimum Gasteiger partial charge on any atom is -0.485 e. The molecule has 0 radical (unpaired) electrons. The van der Waals surface area contributed by atoms with Gasteiger partial charge in [0.15, 0.2) is 0 Å². The van der Waals surface area contributed by atoms with E-state index in [4.69, 9.17) is 9.84 Å². The Bertz CT molecular complexity index is 488. The van der Waals surface area contributed by atoms with Gasteiger partial charge in [0, 0.05) is 6.20 Å². The van der Waals surface area contributed by atoms with Crippen molar-refractivity contribution in [2.75, 3.05) is 0 Å². The van der Waals surface area contributed by atoms with Crippen molar-refractivity contribution in [3.8, 4) is 5.75 Å². The highest BCUT2D eigenvalue weighted by Crippen LogP contribution is 2.20. The number of aromatic amines is 1. The quantitative estimate of drug-likeness (QED) is 0.850. The standard InChI is InChI=1S/C13H13NO3/c1-9(12-3-2-8-14-12)17-11-6-4-10(5-7-11)13(15)16/h2-9,14H,1H3,(H,15,16). The first kappa shape index (κ1) is 11.3. The Morgan fingerprint density at radius 3 is 2.53 bits per heavy atom. The van der Waals surface area contributed by atoms with Crippen molar-refractivity contribution in [2.24, 2.45) is 0 Å². The molecular formula is C13H13NO3. The zero-order valence-corrected chi connectivity index (χ0v) is 9.38. The topological polar surface area (TPSA) is 62.3 Å². The summed E-state index contributed by atoms with van der Waals surface area (Å²) in [5.41, 5.74) is 1.23. The van der Waals surface area contributed by atoms with Gasteiger partial charge in [-0.05, 0) is 43.3 Å². The molecule has 4 nitrogen and oxygen atoms in total. The number of aromatic carboxylic acids is 1. The molecule has 1 heterocycles. The largest absolute Gasteiger partial charge is 0.485 e. The van der Waals surface area contributed by atoms with E-state index in [-0.39, 0.29) is 11.7 Å². The van der Waals surface area contributed by atoms with Crippen LogP contribution in [0.2, 0.25) is 0 Å². The van der Waals surface area contributed by atoms with Gasteiger partial charge in [0.05, 0.1) is 11.3 Å². The molecule has 1 atom stereocenters. The average Bonchev–Trinajstić information content (AvgIpc) is 2.83. The SMILES string of the molecule is CC(Oc1ccc(C(=O)O)cc1)c1ccc[nH]1. The van der Waals surface area contributed by atoms with Crippen molar-refractivity contribution in [3.05, 3.63) is 53.9 Å². The lowest BCUT2D eigenvalue weighted by Crippen LogP contribution is -2.03. The Kier molecular flexibility index (Phi) is 3.14. The van der Waals surface area contributed by atoms with E-state index < -0.39 is 5.97 Å². The Morgan fingerprint density at radius 2 is 2.00 bits per heavy atom. The lowest BCUT2D eigenvalue weighted by atomic mass is 10.2. The third-order valence-corrected chi connectivity index (χ3v) is 2.47. The zero-order chi connectivity index (χ0) is 12.3. The van der Waals surface area contributed by atoms with Crippen molar-refractivity contribution in [1.82, 2.24) is 4.98 Å². The lowest BCUT2D eigenvalue weighted by Gasteiger charge is -2.13. The molecule has 0 saturated heterocycles. The number of ether oxygens (including phenoxy) is 1. The molecule has 1 aromatic heterocycles. The fourth-order valence-corrected chi connectivity index (χ4v) is 1.54. The number of nitrogens with one attached hydrogen (secondary N) is 1. The molecule has 1 unspecified atom stereocenters. The van der Waals surface area contributed by atoms with Crippen LogP contribution in [0.25, 0.3) is 0 Å². The van der Waals surface area contributed by atoms with Crippen molar-refractivity contribution in [1.29, 1.82) is 0 Å². The van der Waals surface area contributed by atoms with Crippen LogP contribution in [0.4, 0.5) is 0 Å². The molecule has 2 aromatic rings. The van der Waals surface area contributed by atoms with Gasteiger partial charge in [-0.1, -0.05) is 0 Å². The van der Waals surface area contributed by atoms with Crippen LogP contribution >= 0.6 is 0 Å². The molecule has 0 bridgehead atoms. The van der Waals surface area contributed by atoms with Crippen LogP contribution in [-0.2, 0) is 0 Å². The summed E-state index contributed by atoms with van der Waals surface area (Å²) in [5, 5.41) is 8.76. The maximum absolute atomic E-state index is 10.7. The van der Waals surface area contributed by atoms with Crippen LogP contribution in [0.15, 0.2) is 42.6 Å². The zero-order valence-electron chi connectivity index (χ0n) is 9.38. The van der Waals surface area contributed by atoms with E-state index in [2.05, 4.69) is 4.98 Å². The summed E-state index contributed by atoms with van der Waals surface area (Å²) in [4.78, 5) is 13.7. The number of carbonyl (C=O) groups is 1. The van der Waals surface area contributed by atoms with Crippen molar-refractivity contribution >= 4 is 5.97 Å². The van der Waals surface area contributed by atoms with E-state index in [1.54, 1.807) is 12.1 Å². The third kappa shape index (κ3) is 2.66. The molecule has 17 heavy (non-hydrogen) atoms. The summed E-state index contributed by atoms with van der Waals surface area (Å²) in [6.07, 6.45) is 1.74. The maximum atomic E-state index is 10.7. The van der Waals surface area contributed by atoms with Gasteiger partial charge in [-0.2, -0.15) is 0 Å². The molecule has 0 saturated carbocycles. The number of H-pyrrole nitrogens is 1. The first-order valence-electron chi connectivity index (χ1n) is 5.30. The van der Waals surface area contributed by atoms with Gasteiger partial charge >= 0.3 is 5.97 Å². The number of carboxylic acid groups (broad SMARTS) is 1. The van der Waals surface area contributed by atoms with Crippen LogP contribution in [-0.4, -0.2) is 16.1 Å². The highest BCUT2D eigenvalue weighted by molar-refractivity contribution is 5.87. The van der Waals surface area contributed by atoms with Crippen LogP contribution in [0, 0.1) is 0 Å². The van der Waals surface area contributed by atoms with Crippen LogP contribution in [0.5, 0.6) is 5.75 Å². The first-order chi connectivity index (χ1) is 8.16. The number of carboxylic acids is 1. The van der Waals surface area contributed by atoms with E-state index in [0.29, 0.717) is 5.75 Å². The summed E-state index contributed by atoms with van der Waals surface area (Å²) in [6, 6.07) is 10.2. The monoisotopic (exact) mass is 231 g/mol. The molecule has 0 spiro atoms. The third-order valence-electron chi connectivity index (χ3n) is 2.47. The summed E-state index contributed by atoms with van der Waals surface area (Å²) in [5.74, 6) is -0.286. The fraction of sp³-hybridized carbons (Fsp3) is 0.154. The normalized spacial score (nSPS) is 12.1. The molecule has 4 heteroatoms. The molecule has 0 aliphatic rings. The number of aromatic nitrogens is 1. The number of hydrogen-bond acceptors (Lipinski definition) is 2. The van der Waals surface area contributed by atoms with E-state index in [9.17, 15) is 4.79 Å². The van der Waals surface area contributed by atoms with Crippen LogP contribution in [0.1, 0.15) is 29.1 Å². The van der Waals surface area contributed by atoms with Crippen molar-refractivity contribution in [2.45, 2.75) is 13.0 Å². The minimum atomic E-state index is -0.936. The van der Waals surface area contributed by atoms with Crippen molar-refractivity contribution < 1.29 is 14.6 Å². The van der Waals surface area contributed by atoms with Gasteiger partial charge in [-0.3, -0.25) is 0 Å². The Hall–Kier alpha value is -2.23. The van der Waals surface area contributed by atoms with Gasteiger partial charge in [-0.25, -0.2) is 4.79 Å². The van der Waals surface area contributed by atoms with E-state index in [1.165, 1.54) is 12.1 Å². The Labute approximate surface area is 98.9 Å². The maximum Gasteiger partial charge on any atom is 0.335 e. The highest BCUT2D eigenvalue weighted by atomic mass is 16.5. The van der Waals surface area contributed by atoms with Crippen molar-refractivity contribution in [3.63, 3.8) is 0 Å². The summed E-state index contributed by atoms with van der Waals surface area (Å²) >= 11 is 0. The molecule has 2 rings (SSSR count). The summed E-state index contributed by atoms with van der Waals surface area (Å²) in [7, 11) is 0. The molecule has 0 amide bonds. The minimum absolute atomic E-state index is 0.0966. The molecule has 0 aliphatic heterocycles. The van der Waals surface area contributed by atoms with E-state index in [1.807, 2.05) is 25.3 Å². The Morgan fingerprint density at radius 1 is 1.29 bits per heavy atom. The smallest absolute Gasteiger partial charge is 0.335 e. The molecule has 2 N–H and O–H groups in total. The second-order valence-electron chi connectivity index (χ2n) is 3.72. The molecule has 88 valence electrons. The van der Waals surface area contributed by atoms with Gasteiger partial charge in [-0.15, -0.1) is 0 Å². The second-order valence-corrected chi connectivity index (χ2v) is 3.72. The number of hydrogen-bond donors (Lipinski definition) is 2. The number of benzene rings is 1. The predicted molar refractivity (Wildman–Crippen MR) is 63.2 cm³/mol. The molecular weight excluding hydrogens is 218 g/mol. The van der Waals surface area contributed by atoms with Crippen LogP contribution < -0.4 is 4.74 Å². The summed E-state index contributed by atoms with van der Waals surface area (Å²) in [6.45, 7) is 1.93. The van der Waals surface area contributed by atoms with Gasteiger partial charge in [0.1, 0.15) is 11.9 Å². The second kappa shape index (κ2) is 4.74. The molecule has 1 aromatic carbocycles. The highest BCUT2D eigenvalue weighted by Gasteiger charge is 2.08. The van der Waals surface area contributed by atoms with E-state index in [0.717, 1.165) is 5.69 Å². The molecule has 0 fully saturated rings.